The van der Waals surface area contributed by atoms with Gasteiger partial charge in [-0.3, -0.25) is 14.6 Å². The van der Waals surface area contributed by atoms with E-state index in [1.54, 1.807) is 9.58 Å². The zero-order chi connectivity index (χ0) is 22.1. The highest BCUT2D eigenvalue weighted by Gasteiger charge is 2.46. The van der Waals surface area contributed by atoms with Gasteiger partial charge in [0.1, 0.15) is 5.75 Å². The van der Waals surface area contributed by atoms with Gasteiger partial charge in [0, 0.05) is 16.0 Å². The Morgan fingerprint density at radius 3 is 2.77 bits per heavy atom. The van der Waals surface area contributed by atoms with Gasteiger partial charge in [-0.1, -0.05) is 46.7 Å². The molecule has 1 amide bonds. The molecule has 1 atom stereocenters. The lowest BCUT2D eigenvalue weighted by atomic mass is 10.0. The molecule has 1 aliphatic heterocycles. The molecule has 0 radical (unpaired) electrons. The summed E-state index contributed by atoms with van der Waals surface area (Å²) >= 11 is 4.88. The van der Waals surface area contributed by atoms with Crippen LogP contribution in [0.3, 0.4) is 0 Å². The number of thioether (sulfide) groups is 1. The molecule has 3 aromatic rings. The number of carbonyl (C=O) groups excluding carboxylic acids is 1. The fourth-order valence-electron chi connectivity index (χ4n) is 3.79. The van der Waals surface area contributed by atoms with E-state index in [-0.39, 0.29) is 11.5 Å². The Morgan fingerprint density at radius 1 is 1.29 bits per heavy atom. The second-order valence-corrected chi connectivity index (χ2v) is 8.59. The first kappa shape index (κ1) is 21.6. The van der Waals surface area contributed by atoms with Crippen molar-refractivity contribution in [1.82, 2.24) is 10.1 Å². The lowest BCUT2D eigenvalue weighted by Gasteiger charge is -2.32. The molecule has 31 heavy (non-hydrogen) atoms. The molecule has 160 valence electrons. The lowest BCUT2D eigenvalue weighted by molar-refractivity contribution is -0.763. The topological polar surface area (TPSA) is 79.2 Å². The molecular weight excluding hydrogens is 480 g/mol. The number of aromatic amines is 1. The van der Waals surface area contributed by atoms with Crippen molar-refractivity contribution in [3.8, 4) is 17.0 Å². The third-order valence-corrected chi connectivity index (χ3v) is 6.14. The van der Waals surface area contributed by atoms with E-state index in [0.29, 0.717) is 40.9 Å². The summed E-state index contributed by atoms with van der Waals surface area (Å²) in [7, 11) is 0. The van der Waals surface area contributed by atoms with Gasteiger partial charge in [-0.25, -0.2) is 4.90 Å². The number of benzene rings is 2. The van der Waals surface area contributed by atoms with Crippen LogP contribution in [-0.4, -0.2) is 28.9 Å². The van der Waals surface area contributed by atoms with Crippen molar-refractivity contribution in [2.45, 2.75) is 31.6 Å². The van der Waals surface area contributed by atoms with Gasteiger partial charge in [0.15, 0.2) is 0 Å². The number of hydrogen-bond acceptors (Lipinski definition) is 5. The number of ether oxygens (including phenoxy) is 1. The summed E-state index contributed by atoms with van der Waals surface area (Å²) in [6.45, 7) is 4.20. The second-order valence-electron chi connectivity index (χ2n) is 6.88. The Labute approximate surface area is 192 Å². The standard InChI is InChI=1S/C22H21BrN4O3S/c1-4-18(28)26-16-9-7-6-8-14(16)19-20(29)24-22(31-3)25-27(19)21(26)15-12-13(23)10-11-17(15)30-5-2/h6-12,21H,4-5H2,1-3H3/p+1/t21-/m0/s1. The second kappa shape index (κ2) is 8.84. The Balaban J connectivity index is 2.11. The van der Waals surface area contributed by atoms with E-state index in [1.807, 2.05) is 62.6 Å². The number of hydrogen-bond donors (Lipinski definition) is 1. The van der Waals surface area contributed by atoms with Crippen LogP contribution in [0.15, 0.2) is 56.9 Å². The molecule has 0 aliphatic carbocycles. The van der Waals surface area contributed by atoms with Crippen LogP contribution in [0.5, 0.6) is 5.75 Å². The van der Waals surface area contributed by atoms with Crippen LogP contribution < -0.4 is 19.9 Å². The maximum absolute atomic E-state index is 13.3. The molecule has 1 aliphatic rings. The number of amides is 1. The quantitative estimate of drug-likeness (QED) is 0.423. The minimum Gasteiger partial charge on any atom is -0.493 e. The number of fused-ring (bicyclic) bond motifs is 3. The monoisotopic (exact) mass is 501 g/mol. The van der Waals surface area contributed by atoms with Crippen molar-refractivity contribution in [1.29, 1.82) is 0 Å². The molecule has 1 aromatic heterocycles. The number of rotatable bonds is 5. The van der Waals surface area contributed by atoms with E-state index in [4.69, 9.17) is 9.84 Å². The van der Waals surface area contributed by atoms with E-state index >= 15 is 0 Å². The molecule has 0 fully saturated rings. The largest absolute Gasteiger partial charge is 0.493 e. The van der Waals surface area contributed by atoms with Crippen molar-refractivity contribution in [3.63, 3.8) is 0 Å². The number of H-pyrrole nitrogens is 1. The fraction of sp³-hybridized carbons (Fsp3) is 0.273. The molecule has 9 heteroatoms. The van der Waals surface area contributed by atoms with E-state index < -0.39 is 6.17 Å². The summed E-state index contributed by atoms with van der Waals surface area (Å²) in [5.41, 5.74) is 2.22. The molecule has 7 nitrogen and oxygen atoms in total. The summed E-state index contributed by atoms with van der Waals surface area (Å²) < 4.78 is 8.39. The number of aromatic nitrogens is 3. The number of nitrogens with zero attached hydrogens (tertiary/aromatic N) is 3. The summed E-state index contributed by atoms with van der Waals surface area (Å²) in [6, 6.07) is 13.1. The smallest absolute Gasteiger partial charge is 0.325 e. The van der Waals surface area contributed by atoms with Gasteiger partial charge in [-0.2, -0.15) is 0 Å². The first-order valence-electron chi connectivity index (χ1n) is 9.94. The molecule has 0 saturated carbocycles. The highest BCUT2D eigenvalue weighted by molar-refractivity contribution is 9.10. The van der Waals surface area contributed by atoms with E-state index in [9.17, 15) is 9.59 Å². The summed E-state index contributed by atoms with van der Waals surface area (Å²) in [4.78, 5) is 30.9. The van der Waals surface area contributed by atoms with E-state index in [0.717, 1.165) is 10.0 Å². The van der Waals surface area contributed by atoms with Gasteiger partial charge in [0.05, 0.1) is 23.4 Å². The zero-order valence-electron chi connectivity index (χ0n) is 17.4. The number of para-hydroxylation sites is 1. The molecule has 0 unspecified atom stereocenters. The predicted octanol–water partition coefficient (Wildman–Crippen LogP) is 3.91. The van der Waals surface area contributed by atoms with Crippen molar-refractivity contribution < 1.29 is 14.2 Å². The van der Waals surface area contributed by atoms with Crippen LogP contribution >= 0.6 is 27.7 Å². The van der Waals surface area contributed by atoms with Gasteiger partial charge < -0.3 is 4.74 Å². The van der Waals surface area contributed by atoms with Crippen LogP contribution in [0.25, 0.3) is 11.3 Å². The van der Waals surface area contributed by atoms with Crippen molar-refractivity contribution >= 4 is 39.3 Å². The maximum Gasteiger partial charge on any atom is 0.325 e. The number of carbonyl (C=O) groups is 1. The molecule has 0 bridgehead atoms. The van der Waals surface area contributed by atoms with Gasteiger partial charge in [0.2, 0.25) is 11.1 Å². The minimum atomic E-state index is -0.676. The third-order valence-electron chi connectivity index (χ3n) is 5.07. The van der Waals surface area contributed by atoms with E-state index in [2.05, 4.69) is 20.9 Å². The molecule has 2 heterocycles. The average Bonchev–Trinajstić information content (AvgIpc) is 2.78. The van der Waals surface area contributed by atoms with Crippen molar-refractivity contribution in [2.24, 2.45) is 0 Å². The molecule has 4 rings (SSSR count). The molecule has 1 N–H and O–H groups in total. The highest BCUT2D eigenvalue weighted by atomic mass is 79.9. The zero-order valence-corrected chi connectivity index (χ0v) is 19.8. The maximum atomic E-state index is 13.3. The molecule has 0 spiro atoms. The summed E-state index contributed by atoms with van der Waals surface area (Å²) in [5.74, 6) is 0.557. The van der Waals surface area contributed by atoms with Crippen LogP contribution in [0.4, 0.5) is 5.69 Å². The van der Waals surface area contributed by atoms with Gasteiger partial charge in [-0.15, -0.1) is 0 Å². The lowest BCUT2D eigenvalue weighted by Crippen LogP contribution is -2.61. The van der Waals surface area contributed by atoms with E-state index in [1.165, 1.54) is 11.8 Å². The first-order valence-corrected chi connectivity index (χ1v) is 12.0. The van der Waals surface area contributed by atoms with Gasteiger partial charge >= 0.3 is 11.3 Å². The Morgan fingerprint density at radius 2 is 2.06 bits per heavy atom. The predicted molar refractivity (Wildman–Crippen MR) is 123 cm³/mol. The average molecular weight is 502 g/mol. The summed E-state index contributed by atoms with van der Waals surface area (Å²) in [5, 5.41) is 5.17. The van der Waals surface area contributed by atoms with Crippen LogP contribution in [0, 0.1) is 0 Å². The molecule has 0 saturated heterocycles. The van der Waals surface area contributed by atoms with Crippen LogP contribution in [0.2, 0.25) is 0 Å². The van der Waals surface area contributed by atoms with Crippen molar-refractivity contribution in [3.05, 3.63) is 62.9 Å². The Bertz CT molecular complexity index is 1210. The number of anilines is 1. The highest BCUT2D eigenvalue weighted by Crippen LogP contribution is 2.40. The number of halogens is 1. The summed E-state index contributed by atoms with van der Waals surface area (Å²) in [6.07, 6.45) is 1.47. The van der Waals surface area contributed by atoms with Crippen molar-refractivity contribution in [2.75, 3.05) is 17.8 Å². The normalized spacial score (nSPS) is 14.7. The Hall–Kier alpha value is -2.65. The SMILES string of the molecule is CCOc1ccc(Br)cc1[C@H]1N(C(=O)CC)c2ccccc2-c2c(=O)[nH]c(SC)n[n+]21. The fourth-order valence-corrected chi connectivity index (χ4v) is 4.54. The third kappa shape index (κ3) is 3.76. The number of nitrogens with one attached hydrogen (secondary N) is 1. The molecular formula is C22H22BrN4O3S+. The Kier molecular flexibility index (Phi) is 6.15. The van der Waals surface area contributed by atoms with Gasteiger partial charge in [0.25, 0.3) is 6.17 Å². The van der Waals surface area contributed by atoms with Gasteiger partial charge in [-0.05, 0) is 48.2 Å². The first-order chi connectivity index (χ1) is 15.0. The van der Waals surface area contributed by atoms with Crippen LogP contribution in [0.1, 0.15) is 32.0 Å². The van der Waals surface area contributed by atoms with Crippen LogP contribution in [-0.2, 0) is 4.79 Å². The molecule has 2 aromatic carbocycles. The minimum absolute atomic E-state index is 0.0780.